The number of hydrogen-bond acceptors (Lipinski definition) is 4. The van der Waals surface area contributed by atoms with Gasteiger partial charge in [-0.05, 0) is 25.1 Å². The van der Waals surface area contributed by atoms with Gasteiger partial charge in [-0.2, -0.15) is 0 Å². The second-order valence-electron chi connectivity index (χ2n) is 3.59. The maximum atomic E-state index is 10.6. The number of carbonyl (C=O) groups excluding carboxylic acids is 1. The van der Waals surface area contributed by atoms with Crippen molar-refractivity contribution in [3.8, 4) is 0 Å². The zero-order valence-electron chi connectivity index (χ0n) is 9.35. The zero-order chi connectivity index (χ0) is 12.7. The van der Waals surface area contributed by atoms with Crippen molar-refractivity contribution in [2.75, 3.05) is 6.54 Å². The third-order valence-corrected chi connectivity index (χ3v) is 2.15. The van der Waals surface area contributed by atoms with E-state index in [9.17, 15) is 9.59 Å². The normalized spacial score (nSPS) is 10.1. The van der Waals surface area contributed by atoms with E-state index in [4.69, 9.17) is 10.8 Å². The van der Waals surface area contributed by atoms with E-state index >= 15 is 0 Å². The molecule has 17 heavy (non-hydrogen) atoms. The smallest absolute Gasteiger partial charge is 0.337 e. The van der Waals surface area contributed by atoms with E-state index in [-0.39, 0.29) is 11.5 Å². The number of aromatic nitrogens is 1. The fraction of sp³-hybridized carbons (Fsp3) is 0.364. The summed E-state index contributed by atoms with van der Waals surface area (Å²) in [6, 6.07) is 3.17. The minimum absolute atomic E-state index is 0.169. The van der Waals surface area contributed by atoms with Crippen LogP contribution >= 0.6 is 0 Å². The lowest BCUT2D eigenvalue weighted by molar-refractivity contribution is -0.118. The number of primary amides is 1. The van der Waals surface area contributed by atoms with Gasteiger partial charge in [0.25, 0.3) is 0 Å². The third kappa shape index (κ3) is 5.07. The Hall–Kier alpha value is -1.95. The van der Waals surface area contributed by atoms with Crippen molar-refractivity contribution >= 4 is 11.9 Å². The van der Waals surface area contributed by atoms with Crippen molar-refractivity contribution in [1.82, 2.24) is 10.3 Å². The van der Waals surface area contributed by atoms with Gasteiger partial charge in [0, 0.05) is 19.2 Å². The van der Waals surface area contributed by atoms with E-state index in [1.54, 1.807) is 6.07 Å². The first-order valence-corrected chi connectivity index (χ1v) is 5.27. The Kier molecular flexibility index (Phi) is 5.09. The topological polar surface area (TPSA) is 105 Å². The standard InChI is InChI=1S/C11H15N3O3/c12-10(15)2-1-5-13-7-9-4-3-8(6-14-9)11(16)17/h3-4,6,13H,1-2,5,7H2,(H2,12,15)(H,16,17). The van der Waals surface area contributed by atoms with Gasteiger partial charge in [0.1, 0.15) is 0 Å². The molecule has 0 aliphatic heterocycles. The predicted octanol–water partition coefficient (Wildman–Crippen LogP) is 0.135. The summed E-state index contributed by atoms with van der Waals surface area (Å²) in [5.74, 6) is -1.30. The van der Waals surface area contributed by atoms with Crippen molar-refractivity contribution < 1.29 is 14.7 Å². The van der Waals surface area contributed by atoms with E-state index in [0.717, 1.165) is 5.69 Å². The molecule has 1 amide bonds. The number of carboxylic acid groups (broad SMARTS) is 1. The van der Waals surface area contributed by atoms with Crippen LogP contribution in [0.5, 0.6) is 0 Å². The quantitative estimate of drug-likeness (QED) is 0.585. The Morgan fingerprint density at radius 3 is 2.71 bits per heavy atom. The Bertz CT molecular complexity index is 389. The molecule has 0 aliphatic carbocycles. The summed E-state index contributed by atoms with van der Waals surface area (Å²) in [6.07, 6.45) is 2.36. The summed E-state index contributed by atoms with van der Waals surface area (Å²) in [7, 11) is 0. The minimum Gasteiger partial charge on any atom is -0.478 e. The average Bonchev–Trinajstić information content (AvgIpc) is 2.29. The molecule has 0 unspecified atom stereocenters. The lowest BCUT2D eigenvalue weighted by Crippen LogP contribution is -2.18. The van der Waals surface area contributed by atoms with Crippen molar-refractivity contribution in [2.24, 2.45) is 5.73 Å². The number of aromatic carboxylic acids is 1. The zero-order valence-corrected chi connectivity index (χ0v) is 9.35. The number of rotatable bonds is 7. The van der Waals surface area contributed by atoms with Gasteiger partial charge < -0.3 is 16.2 Å². The number of pyridine rings is 1. The summed E-state index contributed by atoms with van der Waals surface area (Å²) in [5.41, 5.74) is 5.92. The molecule has 0 saturated carbocycles. The third-order valence-electron chi connectivity index (χ3n) is 2.15. The molecular formula is C11H15N3O3. The van der Waals surface area contributed by atoms with Gasteiger partial charge in [-0.1, -0.05) is 0 Å². The van der Waals surface area contributed by atoms with Crippen molar-refractivity contribution in [1.29, 1.82) is 0 Å². The number of hydrogen-bond donors (Lipinski definition) is 3. The largest absolute Gasteiger partial charge is 0.478 e. The first-order valence-electron chi connectivity index (χ1n) is 5.27. The first kappa shape index (κ1) is 13.1. The van der Waals surface area contributed by atoms with E-state index in [0.29, 0.717) is 25.9 Å². The highest BCUT2D eigenvalue weighted by molar-refractivity contribution is 5.87. The summed E-state index contributed by atoms with van der Waals surface area (Å²) < 4.78 is 0. The Morgan fingerprint density at radius 2 is 2.18 bits per heavy atom. The molecular weight excluding hydrogens is 222 g/mol. The number of nitrogens with two attached hydrogens (primary N) is 1. The van der Waals surface area contributed by atoms with Crippen LogP contribution in [0.3, 0.4) is 0 Å². The number of carbonyl (C=O) groups is 2. The molecule has 6 nitrogen and oxygen atoms in total. The molecule has 0 aliphatic rings. The Morgan fingerprint density at radius 1 is 1.41 bits per heavy atom. The molecule has 1 rings (SSSR count). The maximum absolute atomic E-state index is 10.6. The van der Waals surface area contributed by atoms with Gasteiger partial charge in [-0.15, -0.1) is 0 Å². The molecule has 0 bridgehead atoms. The van der Waals surface area contributed by atoms with Crippen LogP contribution < -0.4 is 11.1 Å². The number of amides is 1. The Labute approximate surface area is 98.8 Å². The summed E-state index contributed by atoms with van der Waals surface area (Å²) in [5, 5.41) is 11.8. The van der Waals surface area contributed by atoms with E-state index in [1.807, 2.05) is 0 Å². The second kappa shape index (κ2) is 6.59. The van der Waals surface area contributed by atoms with Gasteiger partial charge in [0.2, 0.25) is 5.91 Å². The van der Waals surface area contributed by atoms with E-state index in [1.165, 1.54) is 12.3 Å². The van der Waals surface area contributed by atoms with Crippen LogP contribution in [0.1, 0.15) is 28.9 Å². The maximum Gasteiger partial charge on any atom is 0.337 e. The molecule has 0 radical (unpaired) electrons. The highest BCUT2D eigenvalue weighted by atomic mass is 16.4. The van der Waals surface area contributed by atoms with E-state index in [2.05, 4.69) is 10.3 Å². The number of nitrogens with one attached hydrogen (secondary N) is 1. The summed E-state index contributed by atoms with van der Waals surface area (Å²) >= 11 is 0. The van der Waals surface area contributed by atoms with Gasteiger partial charge in [-0.25, -0.2) is 4.79 Å². The van der Waals surface area contributed by atoms with Gasteiger partial charge in [-0.3, -0.25) is 9.78 Å². The van der Waals surface area contributed by atoms with Gasteiger partial charge in [0.05, 0.1) is 11.3 Å². The van der Waals surface area contributed by atoms with Crippen molar-refractivity contribution in [3.63, 3.8) is 0 Å². The van der Waals surface area contributed by atoms with Crippen LogP contribution in [-0.2, 0) is 11.3 Å². The SMILES string of the molecule is NC(=O)CCCNCc1ccc(C(=O)O)cn1. The fourth-order valence-corrected chi connectivity index (χ4v) is 1.26. The Balaban J connectivity index is 2.27. The van der Waals surface area contributed by atoms with Crippen LogP contribution in [0.2, 0.25) is 0 Å². The van der Waals surface area contributed by atoms with Crippen LogP contribution in [0.25, 0.3) is 0 Å². The van der Waals surface area contributed by atoms with Gasteiger partial charge >= 0.3 is 5.97 Å². The molecule has 1 heterocycles. The van der Waals surface area contributed by atoms with Crippen LogP contribution in [0, 0.1) is 0 Å². The molecule has 0 spiro atoms. The molecule has 1 aromatic heterocycles. The minimum atomic E-state index is -0.988. The first-order chi connectivity index (χ1) is 8.09. The average molecular weight is 237 g/mol. The predicted molar refractivity (Wildman–Crippen MR) is 61.3 cm³/mol. The monoisotopic (exact) mass is 237 g/mol. The second-order valence-corrected chi connectivity index (χ2v) is 3.59. The summed E-state index contributed by atoms with van der Waals surface area (Å²) in [6.45, 7) is 1.21. The van der Waals surface area contributed by atoms with Crippen LogP contribution in [0.15, 0.2) is 18.3 Å². The number of nitrogens with zero attached hydrogens (tertiary/aromatic N) is 1. The van der Waals surface area contributed by atoms with Crippen molar-refractivity contribution in [3.05, 3.63) is 29.6 Å². The van der Waals surface area contributed by atoms with Crippen LogP contribution in [-0.4, -0.2) is 28.5 Å². The molecule has 0 saturated heterocycles. The molecule has 6 heteroatoms. The lowest BCUT2D eigenvalue weighted by Gasteiger charge is -2.03. The van der Waals surface area contributed by atoms with Gasteiger partial charge in [0.15, 0.2) is 0 Å². The fourth-order valence-electron chi connectivity index (χ4n) is 1.26. The van der Waals surface area contributed by atoms with Crippen LogP contribution in [0.4, 0.5) is 0 Å². The molecule has 0 aromatic carbocycles. The molecule has 1 aromatic rings. The molecule has 92 valence electrons. The highest BCUT2D eigenvalue weighted by Gasteiger charge is 2.02. The lowest BCUT2D eigenvalue weighted by atomic mass is 10.2. The van der Waals surface area contributed by atoms with Crippen molar-refractivity contribution in [2.45, 2.75) is 19.4 Å². The molecule has 0 fully saturated rings. The number of carboxylic acids is 1. The molecule has 0 atom stereocenters. The highest BCUT2D eigenvalue weighted by Crippen LogP contribution is 2.00. The van der Waals surface area contributed by atoms with E-state index < -0.39 is 5.97 Å². The summed E-state index contributed by atoms with van der Waals surface area (Å²) in [4.78, 5) is 25.0. The molecule has 4 N–H and O–H groups in total.